The average Bonchev–Trinajstić information content (AvgIpc) is 3.23. The van der Waals surface area contributed by atoms with Crippen molar-refractivity contribution in [3.63, 3.8) is 0 Å². The van der Waals surface area contributed by atoms with Crippen LogP contribution in [0.4, 0.5) is 4.39 Å². The number of allylic oxidation sites excluding steroid dienone is 4. The lowest BCUT2D eigenvalue weighted by atomic mass is 10.0. The molecule has 5 rings (SSSR count). The summed E-state index contributed by atoms with van der Waals surface area (Å²) in [6.07, 6.45) is 6.63. The van der Waals surface area contributed by atoms with Crippen molar-refractivity contribution in [2.75, 3.05) is 27.2 Å². The van der Waals surface area contributed by atoms with E-state index in [-0.39, 0.29) is 5.82 Å². The van der Waals surface area contributed by atoms with Crippen LogP contribution in [0.15, 0.2) is 53.2 Å². The Balaban J connectivity index is 1.87. The Morgan fingerprint density at radius 3 is 2.96 bits per heavy atom. The second-order valence-corrected chi connectivity index (χ2v) is 7.21. The van der Waals surface area contributed by atoms with E-state index in [4.69, 9.17) is 9.73 Å². The van der Waals surface area contributed by atoms with Gasteiger partial charge in [0.15, 0.2) is 5.75 Å². The number of H-pyrrole nitrogens is 1. The van der Waals surface area contributed by atoms with Crippen molar-refractivity contribution >= 4 is 27.4 Å². The van der Waals surface area contributed by atoms with Gasteiger partial charge in [0.05, 0.1) is 11.2 Å². The zero-order chi connectivity index (χ0) is 18.5. The standard InChI is InChI=1S/C22H20FN3O/c1-26(2)11-12-27-22-20-17(13-7-3-5-9-15(13)24-20)19(23)18-14-8-4-6-10-16(14)25-21(18)22/h3-7,9-10,24H,8,11-12H2,1-2H3. The SMILES string of the molecule is CN(C)CCOc1c2c(c(F)c3c1[nH]c1ccccc13)=C1CC=CC=C1N=2. The molecule has 1 aliphatic heterocycles. The molecule has 2 heterocycles. The summed E-state index contributed by atoms with van der Waals surface area (Å²) >= 11 is 0. The summed E-state index contributed by atoms with van der Waals surface area (Å²) in [5.74, 6) is 0.428. The van der Waals surface area contributed by atoms with Gasteiger partial charge in [0, 0.05) is 28.1 Å². The first-order valence-corrected chi connectivity index (χ1v) is 9.13. The van der Waals surface area contributed by atoms with Crippen LogP contribution in [-0.4, -0.2) is 37.1 Å². The molecule has 27 heavy (non-hydrogen) atoms. The molecule has 0 radical (unpaired) electrons. The molecule has 0 spiro atoms. The number of hydrogen-bond acceptors (Lipinski definition) is 3. The summed E-state index contributed by atoms with van der Waals surface area (Å²) in [4.78, 5) is 10.1. The number of para-hydroxylation sites is 1. The second-order valence-electron chi connectivity index (χ2n) is 7.21. The molecule has 0 bridgehead atoms. The van der Waals surface area contributed by atoms with Gasteiger partial charge in [-0.15, -0.1) is 0 Å². The number of halogens is 1. The highest BCUT2D eigenvalue weighted by Gasteiger charge is 2.25. The Kier molecular flexibility index (Phi) is 3.65. The maximum Gasteiger partial charge on any atom is 0.169 e. The van der Waals surface area contributed by atoms with E-state index in [1.54, 1.807) is 0 Å². The highest BCUT2D eigenvalue weighted by atomic mass is 19.1. The molecule has 3 aromatic rings. The molecular formula is C22H20FN3O. The lowest BCUT2D eigenvalue weighted by Crippen LogP contribution is -2.31. The molecule has 0 saturated heterocycles. The summed E-state index contributed by atoms with van der Waals surface area (Å²) in [6.45, 7) is 1.28. The summed E-state index contributed by atoms with van der Waals surface area (Å²) < 4.78 is 21.9. The monoisotopic (exact) mass is 361 g/mol. The fourth-order valence-corrected chi connectivity index (χ4v) is 3.86. The van der Waals surface area contributed by atoms with E-state index in [2.05, 4.69) is 9.88 Å². The number of nitrogens with one attached hydrogen (secondary N) is 1. The van der Waals surface area contributed by atoms with Gasteiger partial charge in [0.25, 0.3) is 0 Å². The third kappa shape index (κ3) is 2.42. The number of aromatic amines is 1. The van der Waals surface area contributed by atoms with Crippen LogP contribution in [0.2, 0.25) is 0 Å². The highest BCUT2D eigenvalue weighted by molar-refractivity contribution is 6.09. The van der Waals surface area contributed by atoms with Crippen LogP contribution in [0.1, 0.15) is 6.42 Å². The van der Waals surface area contributed by atoms with Gasteiger partial charge >= 0.3 is 0 Å². The number of likely N-dealkylation sites (N-methyl/N-ethyl adjacent to an activating group) is 1. The van der Waals surface area contributed by atoms with Crippen molar-refractivity contribution in [2.24, 2.45) is 4.99 Å². The molecule has 0 amide bonds. The Morgan fingerprint density at radius 1 is 1.26 bits per heavy atom. The minimum absolute atomic E-state index is 0.213. The highest BCUT2D eigenvalue weighted by Crippen LogP contribution is 2.33. The van der Waals surface area contributed by atoms with E-state index >= 15 is 4.39 Å². The lowest BCUT2D eigenvalue weighted by Gasteiger charge is -2.12. The van der Waals surface area contributed by atoms with Gasteiger partial charge < -0.3 is 14.6 Å². The Morgan fingerprint density at radius 2 is 2.11 bits per heavy atom. The zero-order valence-corrected chi connectivity index (χ0v) is 15.3. The number of benzene rings is 2. The lowest BCUT2D eigenvalue weighted by molar-refractivity contribution is 0.261. The van der Waals surface area contributed by atoms with Crippen LogP contribution in [0.5, 0.6) is 5.75 Å². The molecule has 1 aromatic heterocycles. The average molecular weight is 361 g/mol. The molecule has 2 aromatic carbocycles. The normalized spacial score (nSPS) is 15.3. The molecular weight excluding hydrogens is 341 g/mol. The Labute approximate surface area is 156 Å². The molecule has 0 atom stereocenters. The second kappa shape index (κ2) is 6.06. The van der Waals surface area contributed by atoms with Gasteiger partial charge in [-0.3, -0.25) is 0 Å². The van der Waals surface area contributed by atoms with E-state index in [0.717, 1.165) is 28.7 Å². The van der Waals surface area contributed by atoms with Crippen molar-refractivity contribution in [2.45, 2.75) is 6.42 Å². The quantitative estimate of drug-likeness (QED) is 0.776. The van der Waals surface area contributed by atoms with Gasteiger partial charge in [0.2, 0.25) is 0 Å². The van der Waals surface area contributed by atoms with E-state index in [1.807, 2.05) is 56.6 Å². The summed E-state index contributed by atoms with van der Waals surface area (Å²) in [7, 11) is 4.00. The van der Waals surface area contributed by atoms with Crippen molar-refractivity contribution in [1.82, 2.24) is 9.88 Å². The minimum Gasteiger partial charge on any atom is -0.488 e. The summed E-state index contributed by atoms with van der Waals surface area (Å²) in [5, 5.41) is 2.65. The van der Waals surface area contributed by atoms with Crippen LogP contribution >= 0.6 is 0 Å². The maximum atomic E-state index is 15.7. The first kappa shape index (κ1) is 16.3. The number of aromatic nitrogens is 1. The third-order valence-corrected chi connectivity index (χ3v) is 5.16. The van der Waals surface area contributed by atoms with Crippen molar-refractivity contribution < 1.29 is 9.13 Å². The maximum absolute atomic E-state index is 15.7. The number of fused-ring (bicyclic) bond motifs is 5. The Bertz CT molecular complexity index is 1260. The van der Waals surface area contributed by atoms with Crippen LogP contribution < -0.4 is 15.3 Å². The van der Waals surface area contributed by atoms with E-state index in [0.29, 0.717) is 40.3 Å². The zero-order valence-electron chi connectivity index (χ0n) is 15.3. The molecule has 2 aliphatic rings. The van der Waals surface area contributed by atoms with Crippen molar-refractivity contribution in [3.05, 3.63) is 64.6 Å². The fraction of sp³-hybridized carbons (Fsp3) is 0.227. The predicted molar refractivity (Wildman–Crippen MR) is 106 cm³/mol. The van der Waals surface area contributed by atoms with Gasteiger partial charge in [-0.2, -0.15) is 0 Å². The van der Waals surface area contributed by atoms with E-state index in [9.17, 15) is 0 Å². The molecule has 5 heteroatoms. The number of ether oxygens (including phenoxy) is 1. The Hall–Kier alpha value is -2.92. The molecule has 136 valence electrons. The topological polar surface area (TPSA) is 40.6 Å². The molecule has 4 nitrogen and oxygen atoms in total. The van der Waals surface area contributed by atoms with E-state index < -0.39 is 0 Å². The molecule has 0 fully saturated rings. The van der Waals surface area contributed by atoms with Gasteiger partial charge in [-0.1, -0.05) is 30.4 Å². The van der Waals surface area contributed by atoms with Crippen LogP contribution in [0.3, 0.4) is 0 Å². The molecule has 1 aliphatic carbocycles. The predicted octanol–water partition coefficient (Wildman–Crippen LogP) is 3.03. The largest absolute Gasteiger partial charge is 0.488 e. The number of nitrogens with zero attached hydrogens (tertiary/aromatic N) is 2. The summed E-state index contributed by atoms with van der Waals surface area (Å²) in [6, 6.07) is 7.78. The number of rotatable bonds is 4. The van der Waals surface area contributed by atoms with E-state index in [1.165, 1.54) is 0 Å². The third-order valence-electron chi connectivity index (χ3n) is 5.16. The van der Waals surface area contributed by atoms with Gasteiger partial charge in [-0.05, 0) is 38.2 Å². The van der Waals surface area contributed by atoms with Crippen molar-refractivity contribution in [3.8, 4) is 5.75 Å². The minimum atomic E-state index is -0.213. The first-order valence-electron chi connectivity index (χ1n) is 9.13. The summed E-state index contributed by atoms with van der Waals surface area (Å²) in [5.41, 5.74) is 3.36. The van der Waals surface area contributed by atoms with Crippen LogP contribution in [0.25, 0.3) is 27.4 Å². The first-order chi connectivity index (χ1) is 13.1. The van der Waals surface area contributed by atoms with Gasteiger partial charge in [-0.25, -0.2) is 9.38 Å². The smallest absolute Gasteiger partial charge is 0.169 e. The molecule has 0 unspecified atom stereocenters. The molecule has 1 N–H and O–H groups in total. The van der Waals surface area contributed by atoms with Gasteiger partial charge in [0.1, 0.15) is 17.8 Å². The number of hydrogen-bond donors (Lipinski definition) is 1. The van der Waals surface area contributed by atoms with Crippen molar-refractivity contribution in [1.29, 1.82) is 0 Å². The van der Waals surface area contributed by atoms with Crippen LogP contribution in [0, 0.1) is 5.82 Å². The molecule has 0 saturated carbocycles. The fourth-order valence-electron chi connectivity index (χ4n) is 3.86. The van der Waals surface area contributed by atoms with Crippen LogP contribution in [-0.2, 0) is 0 Å².